The van der Waals surface area contributed by atoms with E-state index < -0.39 is 28.6 Å². The van der Waals surface area contributed by atoms with Crippen LogP contribution in [0.1, 0.15) is 27.1 Å². The fourth-order valence-corrected chi connectivity index (χ4v) is 2.08. The lowest BCUT2D eigenvalue weighted by molar-refractivity contribution is -0.167. The lowest BCUT2D eigenvalue weighted by Crippen LogP contribution is -2.33. The molecule has 0 fully saturated rings. The van der Waals surface area contributed by atoms with E-state index in [2.05, 4.69) is 0 Å². The van der Waals surface area contributed by atoms with Crippen LogP contribution in [0.5, 0.6) is 0 Å². The molecule has 2 amide bonds. The minimum atomic E-state index is -1.14. The van der Waals surface area contributed by atoms with Gasteiger partial charge in [0, 0.05) is 22.8 Å². The average Bonchev–Trinajstić information content (AvgIpc) is 2.62. The zero-order valence-electron chi connectivity index (χ0n) is 10.1. The van der Waals surface area contributed by atoms with Gasteiger partial charge in [-0.25, -0.2) is 4.79 Å². The maximum absolute atomic E-state index is 11.8. The van der Waals surface area contributed by atoms with E-state index in [-0.39, 0.29) is 23.3 Å². The van der Waals surface area contributed by atoms with Crippen molar-refractivity contribution in [1.82, 2.24) is 5.06 Å². The molecular weight excluding hydrogens is 270 g/mol. The molecule has 100 valence electrons. The number of hydrogen-bond acceptors (Lipinski definition) is 5. The molecule has 1 aromatic carbocycles. The largest absolute Gasteiger partial charge is 0.334 e. The molecule has 2 rings (SSSR count). The van der Waals surface area contributed by atoms with Crippen molar-refractivity contribution in [3.8, 4) is 0 Å². The van der Waals surface area contributed by atoms with Gasteiger partial charge in [0.05, 0.1) is 17.5 Å². The second kappa shape index (κ2) is 5.31. The molecule has 1 aromatic rings. The van der Waals surface area contributed by atoms with Crippen molar-refractivity contribution in [2.24, 2.45) is 0 Å². The van der Waals surface area contributed by atoms with E-state index in [1.54, 1.807) is 12.1 Å². The van der Waals surface area contributed by atoms with Crippen LogP contribution in [0, 0.1) is 0 Å². The summed E-state index contributed by atoms with van der Waals surface area (Å²) in [7, 11) is -1.14. The first kappa shape index (κ1) is 13.4. The second-order valence-electron chi connectivity index (χ2n) is 3.94. The van der Waals surface area contributed by atoms with Gasteiger partial charge in [-0.05, 0) is 12.1 Å². The fraction of sp³-hybridized carbons (Fsp3) is 0.250. The van der Waals surface area contributed by atoms with Gasteiger partial charge < -0.3 is 4.84 Å². The van der Waals surface area contributed by atoms with Crippen LogP contribution in [0.25, 0.3) is 0 Å². The predicted octanol–water partition coefficient (Wildman–Crippen LogP) is 0.509. The number of amides is 2. The van der Waals surface area contributed by atoms with Crippen molar-refractivity contribution in [1.29, 1.82) is 0 Å². The Labute approximate surface area is 111 Å². The van der Waals surface area contributed by atoms with E-state index in [1.807, 2.05) is 0 Å². The fourth-order valence-electron chi connectivity index (χ4n) is 1.62. The minimum Gasteiger partial charge on any atom is -0.330 e. The maximum atomic E-state index is 11.8. The Kier molecular flexibility index (Phi) is 3.75. The molecule has 1 aliphatic heterocycles. The molecule has 0 bridgehead atoms. The Bertz CT molecular complexity index is 548. The predicted molar refractivity (Wildman–Crippen MR) is 66.6 cm³/mol. The number of imide groups is 1. The summed E-state index contributed by atoms with van der Waals surface area (Å²) in [5.41, 5.74) is 0.415. The van der Waals surface area contributed by atoms with Crippen molar-refractivity contribution in [3.05, 3.63) is 35.4 Å². The Balaban J connectivity index is 2.08. The first-order valence-electron chi connectivity index (χ1n) is 5.49. The van der Waals surface area contributed by atoms with E-state index in [1.165, 1.54) is 18.4 Å². The highest BCUT2D eigenvalue weighted by Gasteiger charge is 2.38. The van der Waals surface area contributed by atoms with Crippen molar-refractivity contribution in [3.63, 3.8) is 0 Å². The summed E-state index contributed by atoms with van der Waals surface area (Å²) in [6.45, 7) is 0. The normalized spacial score (nSPS) is 15.3. The van der Waals surface area contributed by atoms with E-state index in [4.69, 9.17) is 4.84 Å². The molecule has 1 atom stereocenters. The van der Waals surface area contributed by atoms with E-state index in [0.717, 1.165) is 0 Å². The third kappa shape index (κ3) is 2.70. The number of hydroxylamine groups is 2. The van der Waals surface area contributed by atoms with E-state index in [9.17, 15) is 18.6 Å². The second-order valence-corrected chi connectivity index (χ2v) is 5.50. The van der Waals surface area contributed by atoms with Crippen LogP contribution in [0.4, 0.5) is 0 Å². The number of carbonyl (C=O) groups is 3. The van der Waals surface area contributed by atoms with Crippen LogP contribution >= 0.6 is 0 Å². The van der Waals surface area contributed by atoms with Gasteiger partial charge in [-0.3, -0.25) is 13.8 Å². The molecule has 6 nitrogen and oxygen atoms in total. The molecule has 0 aliphatic carbocycles. The summed E-state index contributed by atoms with van der Waals surface area (Å²) in [6.07, 6.45) is 1.34. The number of benzene rings is 1. The lowest BCUT2D eigenvalue weighted by Gasteiger charge is -2.12. The van der Waals surface area contributed by atoms with E-state index in [0.29, 0.717) is 5.06 Å². The molecule has 0 radical (unpaired) electrons. The molecule has 1 heterocycles. The van der Waals surface area contributed by atoms with Crippen LogP contribution in [-0.4, -0.2) is 39.1 Å². The van der Waals surface area contributed by atoms with Gasteiger partial charge in [0.25, 0.3) is 11.8 Å². The molecule has 1 aliphatic rings. The van der Waals surface area contributed by atoms with Gasteiger partial charge in [-0.2, -0.15) is 0 Å². The SMILES string of the molecule is CS(=O)CCC(=O)ON1C(=O)c2ccccc2C1=O. The zero-order valence-corrected chi connectivity index (χ0v) is 10.9. The standard InChI is InChI=1S/C12H11NO5S/c1-19(17)7-6-10(14)18-13-11(15)8-4-2-3-5-9(8)12(13)16/h2-5H,6-7H2,1H3. The molecule has 0 spiro atoms. The molecule has 19 heavy (non-hydrogen) atoms. The van der Waals surface area contributed by atoms with E-state index >= 15 is 0 Å². The Morgan fingerprint density at radius 2 is 1.74 bits per heavy atom. The zero-order chi connectivity index (χ0) is 14.0. The number of nitrogens with zero attached hydrogens (tertiary/aromatic N) is 1. The number of rotatable bonds is 4. The highest BCUT2D eigenvalue weighted by atomic mass is 32.2. The summed E-state index contributed by atoms with van der Waals surface area (Å²) in [5, 5.41) is 0.450. The molecular formula is C12H11NO5S. The number of fused-ring (bicyclic) bond motifs is 1. The third-order valence-corrected chi connectivity index (χ3v) is 3.32. The topological polar surface area (TPSA) is 80.8 Å². The summed E-state index contributed by atoms with van der Waals surface area (Å²) < 4.78 is 10.8. The molecule has 0 saturated carbocycles. The summed E-state index contributed by atoms with van der Waals surface area (Å²) in [5.74, 6) is -1.95. The van der Waals surface area contributed by atoms with Gasteiger partial charge in [0.15, 0.2) is 0 Å². The highest BCUT2D eigenvalue weighted by Crippen LogP contribution is 2.22. The summed E-state index contributed by atoms with van der Waals surface area (Å²) in [6, 6.07) is 6.22. The summed E-state index contributed by atoms with van der Waals surface area (Å²) in [4.78, 5) is 39.9. The van der Waals surface area contributed by atoms with Gasteiger partial charge in [0.2, 0.25) is 0 Å². The van der Waals surface area contributed by atoms with Crippen LogP contribution in [0.3, 0.4) is 0 Å². The van der Waals surface area contributed by atoms with Crippen LogP contribution < -0.4 is 0 Å². The maximum Gasteiger partial charge on any atom is 0.334 e. The van der Waals surface area contributed by atoms with Gasteiger partial charge in [-0.15, -0.1) is 0 Å². The smallest absolute Gasteiger partial charge is 0.330 e. The number of carbonyl (C=O) groups excluding carboxylic acids is 3. The Hall–Kier alpha value is -2.02. The molecule has 1 unspecified atom stereocenters. The van der Waals surface area contributed by atoms with Crippen molar-refractivity contribution in [2.75, 3.05) is 12.0 Å². The van der Waals surface area contributed by atoms with Gasteiger partial charge in [-0.1, -0.05) is 17.2 Å². The monoisotopic (exact) mass is 281 g/mol. The van der Waals surface area contributed by atoms with Crippen molar-refractivity contribution < 1.29 is 23.4 Å². The van der Waals surface area contributed by atoms with Crippen LogP contribution in [-0.2, 0) is 20.4 Å². The first-order valence-corrected chi connectivity index (χ1v) is 7.22. The quantitative estimate of drug-likeness (QED) is 0.751. The Morgan fingerprint density at radius 3 is 2.21 bits per heavy atom. The molecule has 0 saturated heterocycles. The van der Waals surface area contributed by atoms with Crippen LogP contribution in [0.15, 0.2) is 24.3 Å². The third-order valence-electron chi connectivity index (χ3n) is 2.54. The highest BCUT2D eigenvalue weighted by molar-refractivity contribution is 7.84. The van der Waals surface area contributed by atoms with Crippen LogP contribution in [0.2, 0.25) is 0 Å². The van der Waals surface area contributed by atoms with Crippen molar-refractivity contribution in [2.45, 2.75) is 6.42 Å². The van der Waals surface area contributed by atoms with Gasteiger partial charge in [0.1, 0.15) is 0 Å². The molecule has 0 N–H and O–H groups in total. The minimum absolute atomic E-state index is 0.115. The molecule has 7 heteroatoms. The Morgan fingerprint density at radius 1 is 1.21 bits per heavy atom. The summed E-state index contributed by atoms with van der Waals surface area (Å²) >= 11 is 0. The average molecular weight is 281 g/mol. The van der Waals surface area contributed by atoms with Crippen molar-refractivity contribution >= 4 is 28.6 Å². The number of hydrogen-bond donors (Lipinski definition) is 0. The molecule has 0 aromatic heterocycles. The first-order chi connectivity index (χ1) is 9.00. The lowest BCUT2D eigenvalue weighted by atomic mass is 10.1. The van der Waals surface area contributed by atoms with Gasteiger partial charge >= 0.3 is 5.97 Å².